The first-order valence-corrected chi connectivity index (χ1v) is 11.6. The molecule has 1 aliphatic heterocycles. The van der Waals surface area contributed by atoms with E-state index in [1.54, 1.807) is 13.0 Å². The van der Waals surface area contributed by atoms with Crippen molar-refractivity contribution in [2.24, 2.45) is 5.92 Å². The second kappa shape index (κ2) is 11.0. The van der Waals surface area contributed by atoms with Crippen molar-refractivity contribution >= 4 is 5.91 Å². The van der Waals surface area contributed by atoms with Crippen LogP contribution in [-0.4, -0.2) is 36.4 Å². The summed E-state index contributed by atoms with van der Waals surface area (Å²) in [5, 5.41) is 0. The number of nitrogens with zero attached hydrogens (tertiary/aromatic N) is 1. The normalized spacial score (nSPS) is 18.5. The van der Waals surface area contributed by atoms with E-state index in [-0.39, 0.29) is 36.2 Å². The third kappa shape index (κ3) is 6.63. The Bertz CT molecular complexity index is 1070. The molecule has 0 saturated carbocycles. The molecule has 0 aromatic heterocycles. The van der Waals surface area contributed by atoms with Gasteiger partial charge in [0.05, 0.1) is 12.7 Å². The highest BCUT2D eigenvalue weighted by Gasteiger charge is 2.38. The van der Waals surface area contributed by atoms with E-state index in [1.165, 1.54) is 18.2 Å². The van der Waals surface area contributed by atoms with E-state index < -0.39 is 6.36 Å². The molecule has 1 fully saturated rings. The summed E-state index contributed by atoms with van der Waals surface area (Å²) in [5.74, 6) is -0.296. The molecule has 3 aromatic carbocycles. The van der Waals surface area contributed by atoms with Crippen LogP contribution in [0.15, 0.2) is 84.9 Å². The van der Waals surface area contributed by atoms with Gasteiger partial charge in [-0.25, -0.2) is 0 Å². The van der Waals surface area contributed by atoms with E-state index in [9.17, 15) is 18.0 Å². The number of rotatable bonds is 7. The first-order valence-electron chi connectivity index (χ1n) is 11.6. The summed E-state index contributed by atoms with van der Waals surface area (Å²) in [5.41, 5.74) is 2.85. The van der Waals surface area contributed by atoms with E-state index in [4.69, 9.17) is 4.74 Å². The van der Waals surface area contributed by atoms with Crippen LogP contribution in [0.3, 0.4) is 0 Å². The molecule has 1 aliphatic rings. The predicted molar refractivity (Wildman–Crippen MR) is 127 cm³/mol. The maximum absolute atomic E-state index is 12.6. The third-order valence-corrected chi connectivity index (χ3v) is 6.38. The molecule has 3 aromatic rings. The summed E-state index contributed by atoms with van der Waals surface area (Å²) < 4.78 is 48.3. The van der Waals surface area contributed by atoms with Gasteiger partial charge in [-0.2, -0.15) is 0 Å². The van der Waals surface area contributed by atoms with Gasteiger partial charge in [-0.3, -0.25) is 4.79 Å². The van der Waals surface area contributed by atoms with Gasteiger partial charge in [0.2, 0.25) is 5.91 Å². The van der Waals surface area contributed by atoms with Crippen molar-refractivity contribution in [1.82, 2.24) is 4.90 Å². The Morgan fingerprint density at radius 3 is 2.17 bits per heavy atom. The molecule has 0 radical (unpaired) electrons. The summed E-state index contributed by atoms with van der Waals surface area (Å²) in [7, 11) is 0. The van der Waals surface area contributed by atoms with Crippen molar-refractivity contribution in [3.63, 3.8) is 0 Å². The van der Waals surface area contributed by atoms with Crippen LogP contribution in [0.2, 0.25) is 0 Å². The van der Waals surface area contributed by atoms with Gasteiger partial charge < -0.3 is 14.4 Å². The zero-order valence-electron chi connectivity index (χ0n) is 19.4. The van der Waals surface area contributed by atoms with Crippen molar-refractivity contribution in [2.75, 3.05) is 13.1 Å². The molecule has 1 amide bonds. The Kier molecular flexibility index (Phi) is 7.76. The van der Waals surface area contributed by atoms with Crippen LogP contribution in [0.4, 0.5) is 13.2 Å². The molecule has 0 spiro atoms. The molecule has 35 heavy (non-hydrogen) atoms. The van der Waals surface area contributed by atoms with Crippen LogP contribution in [0.5, 0.6) is 5.75 Å². The van der Waals surface area contributed by atoms with Crippen LogP contribution < -0.4 is 4.74 Å². The lowest BCUT2D eigenvalue weighted by molar-refractivity contribution is -0.274. The fourth-order valence-corrected chi connectivity index (χ4v) is 4.82. The highest BCUT2D eigenvalue weighted by molar-refractivity contribution is 5.73. The fourth-order valence-electron chi connectivity index (χ4n) is 4.82. The van der Waals surface area contributed by atoms with Gasteiger partial charge >= 0.3 is 6.36 Å². The van der Waals surface area contributed by atoms with Gasteiger partial charge in [-0.15, -0.1) is 13.2 Å². The van der Waals surface area contributed by atoms with E-state index in [0.717, 1.165) is 11.1 Å². The van der Waals surface area contributed by atoms with E-state index in [1.807, 2.05) is 41.3 Å². The number of likely N-dealkylation sites (tertiary alicyclic amines) is 1. The van der Waals surface area contributed by atoms with Gasteiger partial charge in [0.1, 0.15) is 5.75 Å². The second-order valence-corrected chi connectivity index (χ2v) is 8.76. The summed E-state index contributed by atoms with van der Waals surface area (Å²) in [6.45, 7) is 2.83. The molecule has 0 aliphatic carbocycles. The SMILES string of the molecule is CC(=O)N1CCC(OCc2cccc(OC(F)(F)F)c2)C(C(c2ccccc2)c2ccccc2)C1. The topological polar surface area (TPSA) is 38.8 Å². The average molecular weight is 484 g/mol. The zero-order valence-corrected chi connectivity index (χ0v) is 19.4. The standard InChI is InChI=1S/C28H28F3NO3/c1-20(33)32-16-15-26(34-19-21-9-8-14-24(17-21)35-28(29,30)31)25(18-32)27(22-10-4-2-5-11-22)23-12-6-3-7-13-23/h2-14,17,25-27H,15-16,18-19H2,1H3. The molecular weight excluding hydrogens is 455 g/mol. The Hall–Kier alpha value is -3.32. The van der Waals surface area contributed by atoms with Crippen LogP contribution in [0, 0.1) is 5.92 Å². The smallest absolute Gasteiger partial charge is 0.406 e. The number of alkyl halides is 3. The molecule has 1 heterocycles. The molecule has 1 saturated heterocycles. The van der Waals surface area contributed by atoms with E-state index in [2.05, 4.69) is 29.0 Å². The number of piperidine rings is 1. The zero-order chi connectivity index (χ0) is 24.8. The van der Waals surface area contributed by atoms with Crippen molar-refractivity contribution in [3.8, 4) is 5.75 Å². The lowest BCUT2D eigenvalue weighted by Gasteiger charge is -2.42. The van der Waals surface area contributed by atoms with Crippen LogP contribution in [0.1, 0.15) is 36.0 Å². The predicted octanol–water partition coefficient (Wildman–Crippen LogP) is 6.17. The minimum Gasteiger partial charge on any atom is -0.406 e. The number of carbonyl (C=O) groups is 1. The van der Waals surface area contributed by atoms with Crippen LogP contribution in [-0.2, 0) is 16.1 Å². The first-order chi connectivity index (χ1) is 16.8. The molecule has 7 heteroatoms. The molecule has 2 unspecified atom stereocenters. The lowest BCUT2D eigenvalue weighted by atomic mass is 9.75. The van der Waals surface area contributed by atoms with E-state index in [0.29, 0.717) is 25.1 Å². The minimum atomic E-state index is -4.75. The lowest BCUT2D eigenvalue weighted by Crippen LogP contribution is -2.48. The molecule has 4 nitrogen and oxygen atoms in total. The maximum Gasteiger partial charge on any atom is 0.573 e. The monoisotopic (exact) mass is 483 g/mol. The number of hydrogen-bond acceptors (Lipinski definition) is 3. The van der Waals surface area contributed by atoms with Crippen LogP contribution >= 0.6 is 0 Å². The maximum atomic E-state index is 12.6. The van der Waals surface area contributed by atoms with Crippen LogP contribution in [0.25, 0.3) is 0 Å². The van der Waals surface area contributed by atoms with Gasteiger partial charge in [-0.05, 0) is 35.2 Å². The minimum absolute atomic E-state index is 0.00977. The number of amides is 1. The summed E-state index contributed by atoms with van der Waals surface area (Å²) in [4.78, 5) is 14.1. The molecule has 2 atom stereocenters. The summed E-state index contributed by atoms with van der Waals surface area (Å²) in [6.07, 6.45) is -4.30. The average Bonchev–Trinajstić information content (AvgIpc) is 2.84. The Morgan fingerprint density at radius 2 is 1.60 bits per heavy atom. The Balaban J connectivity index is 1.60. The van der Waals surface area contributed by atoms with Gasteiger partial charge in [0, 0.05) is 31.8 Å². The van der Waals surface area contributed by atoms with Crippen molar-refractivity contribution < 1.29 is 27.4 Å². The van der Waals surface area contributed by atoms with Crippen molar-refractivity contribution in [1.29, 1.82) is 0 Å². The highest BCUT2D eigenvalue weighted by atomic mass is 19.4. The number of benzene rings is 3. The first kappa shape index (κ1) is 24.8. The molecule has 184 valence electrons. The number of ether oxygens (including phenoxy) is 2. The number of halogens is 3. The van der Waals surface area contributed by atoms with Gasteiger partial charge in [-0.1, -0.05) is 72.8 Å². The third-order valence-electron chi connectivity index (χ3n) is 6.38. The Labute approximate surface area is 203 Å². The quantitative estimate of drug-likeness (QED) is 0.403. The molecule has 0 bridgehead atoms. The molecular formula is C28H28F3NO3. The fraction of sp³-hybridized carbons (Fsp3) is 0.321. The largest absolute Gasteiger partial charge is 0.573 e. The molecule has 0 N–H and O–H groups in total. The number of carbonyl (C=O) groups excluding carboxylic acids is 1. The number of hydrogen-bond donors (Lipinski definition) is 0. The van der Waals surface area contributed by atoms with Crippen molar-refractivity contribution in [3.05, 3.63) is 102 Å². The van der Waals surface area contributed by atoms with Gasteiger partial charge in [0.25, 0.3) is 0 Å². The van der Waals surface area contributed by atoms with E-state index >= 15 is 0 Å². The summed E-state index contributed by atoms with van der Waals surface area (Å²) in [6, 6.07) is 26.1. The van der Waals surface area contributed by atoms with Crippen molar-refractivity contribution in [2.45, 2.75) is 38.3 Å². The highest BCUT2D eigenvalue weighted by Crippen LogP contribution is 2.39. The summed E-state index contributed by atoms with van der Waals surface area (Å²) >= 11 is 0. The van der Waals surface area contributed by atoms with Gasteiger partial charge in [0.15, 0.2) is 0 Å². The Morgan fingerprint density at radius 1 is 0.971 bits per heavy atom. The molecule has 4 rings (SSSR count). The second-order valence-electron chi connectivity index (χ2n) is 8.76.